The molecule has 0 saturated heterocycles. The molecule has 5 atom stereocenters. The highest BCUT2D eigenvalue weighted by molar-refractivity contribution is 8.00. The standard InChI is InChI=1S/C58H50N4S/c1-3-20-48(55-38(2)49-36-53-50(37-54(49)63-55)47-31-18-19-32-52(47)62(53)43-27-14-7-15-28-43)46-34-33-42(45-30-17-16-29-44(45)39-21-8-4-9-22-39)35-51(46)58-60-56(40-23-10-5-11-24-40)59-57(61-58)41-25-12-6-13-26-41/h1,4-12,14,16-24,27,29-31,33-38,41,52,55-56H,13,15,25-26,28,32H2,2H3,(H,59,60,61)/b48-20-. The van der Waals surface area contributed by atoms with Crippen molar-refractivity contribution in [1.82, 2.24) is 5.32 Å². The summed E-state index contributed by atoms with van der Waals surface area (Å²) in [4.78, 5) is 14.8. The molecule has 5 heteroatoms. The maximum Gasteiger partial charge on any atom is 0.169 e. The first-order chi connectivity index (χ1) is 31.1. The van der Waals surface area contributed by atoms with E-state index in [0.29, 0.717) is 6.04 Å². The van der Waals surface area contributed by atoms with E-state index in [1.54, 1.807) is 0 Å². The van der Waals surface area contributed by atoms with E-state index in [2.05, 4.69) is 187 Å². The maximum absolute atomic E-state index is 6.35. The zero-order chi connectivity index (χ0) is 42.3. The van der Waals surface area contributed by atoms with Crippen LogP contribution in [0.5, 0.6) is 0 Å². The van der Waals surface area contributed by atoms with Gasteiger partial charge in [0.1, 0.15) is 11.7 Å². The zero-order valence-electron chi connectivity index (χ0n) is 35.6. The summed E-state index contributed by atoms with van der Waals surface area (Å²) in [6.45, 7) is 2.39. The number of benzene rings is 5. The molecule has 3 aliphatic heterocycles. The number of nitrogens with zero attached hydrogens (tertiary/aromatic N) is 3. The number of hydrogen-bond donors (Lipinski definition) is 1. The molecule has 5 aromatic carbocycles. The van der Waals surface area contributed by atoms with E-state index in [-0.39, 0.29) is 23.3 Å². The largest absolute Gasteiger partial charge is 0.337 e. The van der Waals surface area contributed by atoms with Crippen molar-refractivity contribution in [1.29, 1.82) is 0 Å². The number of hydrogen-bond acceptors (Lipinski definition) is 5. The molecule has 5 aromatic rings. The molecule has 0 fully saturated rings. The number of allylic oxidation sites excluding steroid dienone is 9. The van der Waals surface area contributed by atoms with Crippen LogP contribution in [0.1, 0.15) is 85.3 Å². The minimum absolute atomic E-state index is 0.0896. The molecule has 6 aliphatic rings. The molecule has 3 aliphatic carbocycles. The Morgan fingerprint density at radius 1 is 0.762 bits per heavy atom. The summed E-state index contributed by atoms with van der Waals surface area (Å²) < 4.78 is 0. The van der Waals surface area contributed by atoms with Gasteiger partial charge in [0.15, 0.2) is 6.17 Å². The smallest absolute Gasteiger partial charge is 0.169 e. The average Bonchev–Trinajstić information content (AvgIpc) is 3.86. The molecule has 0 spiro atoms. The van der Waals surface area contributed by atoms with Gasteiger partial charge in [0, 0.05) is 38.6 Å². The molecule has 63 heavy (non-hydrogen) atoms. The Kier molecular flexibility index (Phi) is 10.5. The lowest BCUT2D eigenvalue weighted by Gasteiger charge is -2.31. The van der Waals surface area contributed by atoms with E-state index in [4.69, 9.17) is 16.4 Å². The van der Waals surface area contributed by atoms with Gasteiger partial charge in [-0.05, 0) is 125 Å². The van der Waals surface area contributed by atoms with Gasteiger partial charge in [-0.3, -0.25) is 0 Å². The topological polar surface area (TPSA) is 40.0 Å². The first kappa shape index (κ1) is 39.3. The van der Waals surface area contributed by atoms with Gasteiger partial charge in [-0.15, -0.1) is 18.2 Å². The second-order valence-corrected chi connectivity index (χ2v) is 18.5. The van der Waals surface area contributed by atoms with Crippen LogP contribution in [0.3, 0.4) is 0 Å². The summed E-state index contributed by atoms with van der Waals surface area (Å²) in [7, 11) is 0. The van der Waals surface area contributed by atoms with E-state index in [9.17, 15) is 0 Å². The lowest BCUT2D eigenvalue weighted by molar-refractivity contribution is 0.591. The van der Waals surface area contributed by atoms with Crippen LogP contribution in [-0.2, 0) is 0 Å². The van der Waals surface area contributed by atoms with E-state index in [1.165, 1.54) is 49.7 Å². The third kappa shape index (κ3) is 7.27. The van der Waals surface area contributed by atoms with Gasteiger partial charge in [0.05, 0.1) is 6.04 Å². The minimum atomic E-state index is -0.367. The Morgan fingerprint density at radius 3 is 2.33 bits per heavy atom. The van der Waals surface area contributed by atoms with Gasteiger partial charge in [0.25, 0.3) is 0 Å². The number of rotatable bonds is 8. The number of nitrogens with one attached hydrogen (secondary N) is 1. The average molecular weight is 835 g/mol. The van der Waals surface area contributed by atoms with Gasteiger partial charge in [-0.1, -0.05) is 152 Å². The van der Waals surface area contributed by atoms with Crippen LogP contribution in [0.2, 0.25) is 0 Å². The molecule has 0 aromatic heterocycles. The third-order valence-corrected chi connectivity index (χ3v) is 15.1. The summed E-state index contributed by atoms with van der Waals surface area (Å²) in [5.41, 5.74) is 16.0. The van der Waals surface area contributed by atoms with Crippen molar-refractivity contribution in [2.45, 2.75) is 73.7 Å². The van der Waals surface area contributed by atoms with E-state index < -0.39 is 0 Å². The summed E-state index contributed by atoms with van der Waals surface area (Å²) in [5.74, 6) is 5.36. The molecule has 5 unspecified atom stereocenters. The summed E-state index contributed by atoms with van der Waals surface area (Å²) >= 11 is 1.96. The van der Waals surface area contributed by atoms with Crippen LogP contribution in [0, 0.1) is 18.3 Å². The van der Waals surface area contributed by atoms with Crippen LogP contribution in [-0.4, -0.2) is 23.0 Å². The maximum atomic E-state index is 6.35. The molecule has 11 rings (SSSR count). The molecule has 0 bridgehead atoms. The Morgan fingerprint density at radius 2 is 1.56 bits per heavy atom. The molecule has 0 amide bonds. The van der Waals surface area contributed by atoms with Gasteiger partial charge in [-0.2, -0.15) is 0 Å². The summed E-state index contributed by atoms with van der Waals surface area (Å²) in [6.07, 6.45) is 32.6. The van der Waals surface area contributed by atoms with Crippen molar-refractivity contribution in [2.75, 3.05) is 4.90 Å². The van der Waals surface area contributed by atoms with Crippen molar-refractivity contribution in [3.63, 3.8) is 0 Å². The van der Waals surface area contributed by atoms with Crippen LogP contribution in [0.4, 0.5) is 5.69 Å². The second-order valence-electron chi connectivity index (χ2n) is 17.4. The van der Waals surface area contributed by atoms with Crippen LogP contribution in [0.25, 0.3) is 33.4 Å². The molecular formula is C58H50N4S. The highest BCUT2D eigenvalue weighted by Gasteiger charge is 2.41. The van der Waals surface area contributed by atoms with Gasteiger partial charge in [-0.25, -0.2) is 9.98 Å². The fourth-order valence-electron chi connectivity index (χ4n) is 10.4. The fraction of sp³-hybridized carbons (Fsp3) is 0.207. The Bertz CT molecular complexity index is 2900. The molecule has 0 saturated carbocycles. The monoisotopic (exact) mass is 834 g/mol. The van der Waals surface area contributed by atoms with Crippen molar-refractivity contribution in [2.24, 2.45) is 15.9 Å². The number of fused-ring (bicyclic) bond motifs is 4. The fourth-order valence-corrected chi connectivity index (χ4v) is 12.0. The molecular weight excluding hydrogens is 785 g/mol. The quantitative estimate of drug-likeness (QED) is 0.125. The van der Waals surface area contributed by atoms with Crippen molar-refractivity contribution < 1.29 is 0 Å². The molecule has 1 N–H and O–H groups in total. The molecule has 4 nitrogen and oxygen atoms in total. The Hall–Kier alpha value is -6.61. The third-order valence-electron chi connectivity index (χ3n) is 13.6. The van der Waals surface area contributed by atoms with Gasteiger partial charge in [0.2, 0.25) is 0 Å². The Labute approximate surface area is 376 Å². The first-order valence-electron chi connectivity index (χ1n) is 22.6. The minimum Gasteiger partial charge on any atom is -0.337 e. The normalized spacial score (nSPS) is 23.4. The second kappa shape index (κ2) is 16.9. The number of terminal acetylenes is 1. The van der Waals surface area contributed by atoms with Gasteiger partial charge < -0.3 is 10.2 Å². The van der Waals surface area contributed by atoms with Crippen molar-refractivity contribution >= 4 is 40.3 Å². The molecule has 3 heterocycles. The highest BCUT2D eigenvalue weighted by atomic mass is 32.2. The number of anilines is 1. The Balaban J connectivity index is 1.05. The van der Waals surface area contributed by atoms with E-state index in [0.717, 1.165) is 78.0 Å². The lowest BCUT2D eigenvalue weighted by atomic mass is 9.85. The molecule has 0 radical (unpaired) electrons. The van der Waals surface area contributed by atoms with Crippen LogP contribution < -0.4 is 10.2 Å². The van der Waals surface area contributed by atoms with E-state index >= 15 is 0 Å². The summed E-state index contributed by atoms with van der Waals surface area (Å²) in [6, 6.07) is 42.2. The summed E-state index contributed by atoms with van der Waals surface area (Å²) in [5, 5.41) is 3.96. The number of thioether (sulfide) groups is 1. The van der Waals surface area contributed by atoms with Crippen molar-refractivity contribution in [3.8, 4) is 34.6 Å². The van der Waals surface area contributed by atoms with Crippen LogP contribution >= 0.6 is 11.8 Å². The van der Waals surface area contributed by atoms with E-state index in [1.807, 2.05) is 17.8 Å². The SMILES string of the molecule is C#C/C=C(/c1ccc(-c2ccccc2-c2ccccc2)cc1C1=NC(c2ccccc2)N=C(C2CC=CCC2)N1)C1Sc2cc3c(cc2C1C)N(C1=CC=CCC1)C1CC=CC=C31. The van der Waals surface area contributed by atoms with Crippen molar-refractivity contribution in [3.05, 3.63) is 203 Å². The van der Waals surface area contributed by atoms with Crippen LogP contribution in [0.15, 0.2) is 191 Å². The first-order valence-corrected chi connectivity index (χ1v) is 23.5. The highest BCUT2D eigenvalue weighted by Crippen LogP contribution is 2.56. The predicted molar refractivity (Wildman–Crippen MR) is 266 cm³/mol. The molecule has 308 valence electrons. The zero-order valence-corrected chi connectivity index (χ0v) is 36.4. The van der Waals surface area contributed by atoms with Gasteiger partial charge >= 0.3 is 0 Å². The lowest BCUT2D eigenvalue weighted by Crippen LogP contribution is -2.40. The number of amidine groups is 2. The number of aliphatic imine (C=N–C) groups is 2. The predicted octanol–water partition coefficient (Wildman–Crippen LogP) is 13.9.